The SMILES string of the molecule is CCC(C)(CN)C(=O)NOC1CCCC1. The van der Waals surface area contributed by atoms with E-state index in [1.54, 1.807) is 0 Å². The van der Waals surface area contributed by atoms with Crippen LogP contribution in [0.15, 0.2) is 0 Å². The van der Waals surface area contributed by atoms with Crippen LogP contribution in [0.25, 0.3) is 0 Å². The average molecular weight is 214 g/mol. The highest BCUT2D eigenvalue weighted by Crippen LogP contribution is 2.22. The van der Waals surface area contributed by atoms with Crippen LogP contribution in [0.1, 0.15) is 46.0 Å². The molecule has 0 aliphatic heterocycles. The van der Waals surface area contributed by atoms with Crippen molar-refractivity contribution in [3.05, 3.63) is 0 Å². The summed E-state index contributed by atoms with van der Waals surface area (Å²) in [7, 11) is 0. The molecule has 4 heteroatoms. The number of rotatable bonds is 5. The van der Waals surface area contributed by atoms with E-state index in [2.05, 4.69) is 5.48 Å². The van der Waals surface area contributed by atoms with Gasteiger partial charge in [-0.2, -0.15) is 0 Å². The summed E-state index contributed by atoms with van der Waals surface area (Å²) in [4.78, 5) is 17.1. The van der Waals surface area contributed by atoms with Crippen LogP contribution in [-0.4, -0.2) is 18.6 Å². The molecule has 0 heterocycles. The van der Waals surface area contributed by atoms with Crippen molar-refractivity contribution >= 4 is 5.91 Å². The zero-order chi connectivity index (χ0) is 11.3. The third kappa shape index (κ3) is 3.18. The van der Waals surface area contributed by atoms with E-state index in [-0.39, 0.29) is 12.0 Å². The van der Waals surface area contributed by atoms with Gasteiger partial charge in [0.15, 0.2) is 0 Å². The number of carbonyl (C=O) groups excluding carboxylic acids is 1. The second-order valence-electron chi connectivity index (χ2n) is 4.57. The second kappa shape index (κ2) is 5.47. The van der Waals surface area contributed by atoms with Crippen molar-refractivity contribution in [3.63, 3.8) is 0 Å². The fourth-order valence-electron chi connectivity index (χ4n) is 1.66. The maximum atomic E-state index is 11.8. The third-order valence-electron chi connectivity index (χ3n) is 3.40. The molecule has 0 saturated heterocycles. The van der Waals surface area contributed by atoms with Crippen LogP contribution in [0.4, 0.5) is 0 Å². The van der Waals surface area contributed by atoms with E-state index in [0.717, 1.165) is 19.3 Å². The molecule has 0 radical (unpaired) electrons. The summed E-state index contributed by atoms with van der Waals surface area (Å²) in [5, 5.41) is 0. The fourth-order valence-corrected chi connectivity index (χ4v) is 1.66. The number of amides is 1. The van der Waals surface area contributed by atoms with Gasteiger partial charge in [0.2, 0.25) is 0 Å². The zero-order valence-corrected chi connectivity index (χ0v) is 9.71. The number of hydrogen-bond donors (Lipinski definition) is 2. The smallest absolute Gasteiger partial charge is 0.250 e. The van der Waals surface area contributed by atoms with Crippen LogP contribution in [0, 0.1) is 5.41 Å². The molecular formula is C11H22N2O2. The van der Waals surface area contributed by atoms with Crippen molar-refractivity contribution in [1.82, 2.24) is 5.48 Å². The predicted octanol–water partition coefficient (Wildman–Crippen LogP) is 1.35. The van der Waals surface area contributed by atoms with Crippen LogP contribution in [-0.2, 0) is 9.63 Å². The molecule has 1 aliphatic rings. The Morgan fingerprint density at radius 1 is 1.53 bits per heavy atom. The summed E-state index contributed by atoms with van der Waals surface area (Å²) >= 11 is 0. The molecule has 1 atom stereocenters. The van der Waals surface area contributed by atoms with Gasteiger partial charge in [0.25, 0.3) is 5.91 Å². The molecule has 4 nitrogen and oxygen atoms in total. The van der Waals surface area contributed by atoms with E-state index in [1.165, 1.54) is 12.8 Å². The largest absolute Gasteiger partial charge is 0.329 e. The number of hydroxylamine groups is 1. The van der Waals surface area contributed by atoms with E-state index >= 15 is 0 Å². The maximum Gasteiger partial charge on any atom is 0.250 e. The highest BCUT2D eigenvalue weighted by Gasteiger charge is 2.30. The number of nitrogens with one attached hydrogen (secondary N) is 1. The van der Waals surface area contributed by atoms with E-state index in [0.29, 0.717) is 6.54 Å². The predicted molar refractivity (Wildman–Crippen MR) is 58.9 cm³/mol. The number of carbonyl (C=O) groups is 1. The monoisotopic (exact) mass is 214 g/mol. The Labute approximate surface area is 91.5 Å². The minimum absolute atomic E-state index is 0.0978. The summed E-state index contributed by atoms with van der Waals surface area (Å²) in [6.07, 6.45) is 5.42. The molecule has 0 aromatic carbocycles. The van der Waals surface area contributed by atoms with Gasteiger partial charge in [-0.3, -0.25) is 9.63 Å². The lowest BCUT2D eigenvalue weighted by molar-refractivity contribution is -0.147. The average Bonchev–Trinajstić information content (AvgIpc) is 2.77. The normalized spacial score (nSPS) is 21.3. The quantitative estimate of drug-likeness (QED) is 0.679. The third-order valence-corrected chi connectivity index (χ3v) is 3.40. The molecular weight excluding hydrogens is 192 g/mol. The van der Waals surface area contributed by atoms with Crippen LogP contribution in [0.2, 0.25) is 0 Å². The molecule has 88 valence electrons. The van der Waals surface area contributed by atoms with Crippen LogP contribution >= 0.6 is 0 Å². The highest BCUT2D eigenvalue weighted by atomic mass is 16.7. The Hall–Kier alpha value is -0.610. The summed E-state index contributed by atoms with van der Waals surface area (Å²) in [6.45, 7) is 4.17. The first-order chi connectivity index (χ1) is 7.12. The van der Waals surface area contributed by atoms with Crippen molar-refractivity contribution < 1.29 is 9.63 Å². The maximum absolute atomic E-state index is 11.8. The van der Waals surface area contributed by atoms with E-state index in [4.69, 9.17) is 10.6 Å². The number of nitrogens with two attached hydrogens (primary N) is 1. The Morgan fingerprint density at radius 2 is 2.13 bits per heavy atom. The fraction of sp³-hybridized carbons (Fsp3) is 0.909. The first-order valence-electron chi connectivity index (χ1n) is 5.78. The molecule has 1 amide bonds. The summed E-state index contributed by atoms with van der Waals surface area (Å²) in [5.41, 5.74) is 7.63. The molecule has 15 heavy (non-hydrogen) atoms. The topological polar surface area (TPSA) is 64.4 Å². The Balaban J connectivity index is 2.33. The highest BCUT2D eigenvalue weighted by molar-refractivity contribution is 5.81. The van der Waals surface area contributed by atoms with Crippen LogP contribution in [0.5, 0.6) is 0 Å². The van der Waals surface area contributed by atoms with Crippen molar-refractivity contribution in [3.8, 4) is 0 Å². The van der Waals surface area contributed by atoms with Crippen LogP contribution in [0.3, 0.4) is 0 Å². The lowest BCUT2D eigenvalue weighted by atomic mass is 9.87. The molecule has 0 spiro atoms. The van der Waals surface area contributed by atoms with Gasteiger partial charge in [0.05, 0.1) is 11.5 Å². The van der Waals surface area contributed by atoms with Gasteiger partial charge in [-0.1, -0.05) is 19.8 Å². The molecule has 1 fully saturated rings. The molecule has 3 N–H and O–H groups in total. The van der Waals surface area contributed by atoms with Gasteiger partial charge in [-0.05, 0) is 26.2 Å². The van der Waals surface area contributed by atoms with Crippen molar-refractivity contribution in [2.45, 2.75) is 52.1 Å². The van der Waals surface area contributed by atoms with Gasteiger partial charge < -0.3 is 5.73 Å². The van der Waals surface area contributed by atoms with Crippen LogP contribution < -0.4 is 11.2 Å². The van der Waals surface area contributed by atoms with E-state index in [9.17, 15) is 4.79 Å². The van der Waals surface area contributed by atoms with Gasteiger partial charge in [-0.15, -0.1) is 0 Å². The minimum atomic E-state index is -0.501. The molecule has 1 unspecified atom stereocenters. The number of hydrogen-bond acceptors (Lipinski definition) is 3. The first kappa shape index (κ1) is 12.5. The summed E-state index contributed by atoms with van der Waals surface area (Å²) in [6, 6.07) is 0. The van der Waals surface area contributed by atoms with Crippen molar-refractivity contribution in [2.75, 3.05) is 6.54 Å². The van der Waals surface area contributed by atoms with E-state index < -0.39 is 5.41 Å². The summed E-state index contributed by atoms with van der Waals surface area (Å²) < 4.78 is 0. The lowest BCUT2D eigenvalue weighted by Gasteiger charge is -2.25. The lowest BCUT2D eigenvalue weighted by Crippen LogP contribution is -2.44. The molecule has 0 aromatic rings. The Bertz CT molecular complexity index is 209. The molecule has 1 rings (SSSR count). The van der Waals surface area contributed by atoms with Gasteiger partial charge in [-0.25, -0.2) is 5.48 Å². The Morgan fingerprint density at radius 3 is 2.60 bits per heavy atom. The van der Waals surface area contributed by atoms with Crippen molar-refractivity contribution in [2.24, 2.45) is 11.1 Å². The van der Waals surface area contributed by atoms with Crippen molar-refractivity contribution in [1.29, 1.82) is 0 Å². The Kier molecular flexibility index (Phi) is 4.54. The minimum Gasteiger partial charge on any atom is -0.329 e. The molecule has 0 aromatic heterocycles. The van der Waals surface area contributed by atoms with Gasteiger partial charge >= 0.3 is 0 Å². The molecule has 1 aliphatic carbocycles. The van der Waals surface area contributed by atoms with Gasteiger partial charge in [0.1, 0.15) is 0 Å². The zero-order valence-electron chi connectivity index (χ0n) is 9.71. The second-order valence-corrected chi connectivity index (χ2v) is 4.57. The summed E-state index contributed by atoms with van der Waals surface area (Å²) in [5.74, 6) is -0.0978. The molecule has 0 bridgehead atoms. The standard InChI is InChI=1S/C11H22N2O2/c1-3-11(2,8-12)10(14)13-15-9-6-4-5-7-9/h9H,3-8,12H2,1-2H3,(H,13,14). The first-order valence-corrected chi connectivity index (χ1v) is 5.78. The van der Waals surface area contributed by atoms with Gasteiger partial charge in [0, 0.05) is 6.54 Å². The molecule has 1 saturated carbocycles. The van der Waals surface area contributed by atoms with E-state index in [1.807, 2.05) is 13.8 Å².